The largest absolute Gasteiger partial charge is 0.378 e. The molecule has 0 aliphatic heterocycles. The molecule has 0 unspecified atom stereocenters. The number of rotatable bonds is 8. The van der Waals surface area contributed by atoms with E-state index < -0.39 is 14.9 Å². The SMILES string of the molecule is CN(C)c1ccc(S(=O)(=O)NCc2ccccc2)c(Cc2cccc([N+](=O)[O-])c2)c1. The summed E-state index contributed by atoms with van der Waals surface area (Å²) in [7, 11) is -0.0418. The zero-order valence-electron chi connectivity index (χ0n) is 16.8. The highest BCUT2D eigenvalue weighted by atomic mass is 32.2. The first-order valence-electron chi connectivity index (χ1n) is 9.33. The maximum Gasteiger partial charge on any atom is 0.269 e. The maximum atomic E-state index is 13.0. The van der Waals surface area contributed by atoms with Crippen molar-refractivity contribution in [3.05, 3.63) is 99.6 Å². The molecule has 0 amide bonds. The van der Waals surface area contributed by atoms with Gasteiger partial charge in [-0.3, -0.25) is 10.1 Å². The number of sulfonamides is 1. The monoisotopic (exact) mass is 425 g/mol. The van der Waals surface area contributed by atoms with Crippen LogP contribution in [0.25, 0.3) is 0 Å². The van der Waals surface area contributed by atoms with Gasteiger partial charge < -0.3 is 4.90 Å². The van der Waals surface area contributed by atoms with Crippen LogP contribution in [-0.4, -0.2) is 27.4 Å². The molecule has 0 saturated heterocycles. The van der Waals surface area contributed by atoms with E-state index in [1.807, 2.05) is 49.3 Å². The van der Waals surface area contributed by atoms with Crippen LogP contribution in [0.5, 0.6) is 0 Å². The molecule has 0 spiro atoms. The summed E-state index contributed by atoms with van der Waals surface area (Å²) in [5.74, 6) is 0. The second-order valence-electron chi connectivity index (χ2n) is 7.10. The average Bonchev–Trinajstić information content (AvgIpc) is 2.73. The molecule has 1 N–H and O–H groups in total. The Labute approximate surface area is 176 Å². The predicted molar refractivity (Wildman–Crippen MR) is 117 cm³/mol. The van der Waals surface area contributed by atoms with Gasteiger partial charge in [0.05, 0.1) is 9.82 Å². The van der Waals surface area contributed by atoms with Crippen molar-refractivity contribution in [3.63, 3.8) is 0 Å². The Hall–Kier alpha value is -3.23. The standard InChI is InChI=1S/C22H23N3O4S/c1-24(2)20-11-12-22(30(28,29)23-16-17-7-4-3-5-8-17)19(15-20)13-18-9-6-10-21(14-18)25(26)27/h3-12,14-15,23H,13,16H2,1-2H3. The molecule has 3 rings (SSSR count). The van der Waals surface area contributed by atoms with Crippen molar-refractivity contribution >= 4 is 21.4 Å². The van der Waals surface area contributed by atoms with Crippen molar-refractivity contribution in [1.82, 2.24) is 4.72 Å². The molecule has 0 aliphatic rings. The molecule has 0 aromatic heterocycles. The molecule has 8 heteroatoms. The fourth-order valence-electron chi connectivity index (χ4n) is 3.10. The van der Waals surface area contributed by atoms with Gasteiger partial charge >= 0.3 is 0 Å². The van der Waals surface area contributed by atoms with Gasteiger partial charge in [0, 0.05) is 38.5 Å². The van der Waals surface area contributed by atoms with Gasteiger partial charge in [0.25, 0.3) is 5.69 Å². The number of anilines is 1. The van der Waals surface area contributed by atoms with Gasteiger partial charge in [-0.25, -0.2) is 13.1 Å². The summed E-state index contributed by atoms with van der Waals surface area (Å²) in [6.07, 6.45) is 0.255. The summed E-state index contributed by atoms with van der Waals surface area (Å²) in [6, 6.07) is 20.6. The highest BCUT2D eigenvalue weighted by Crippen LogP contribution is 2.26. The van der Waals surface area contributed by atoms with E-state index in [0.717, 1.165) is 11.3 Å². The molecule has 0 aliphatic carbocycles. The molecule has 156 valence electrons. The van der Waals surface area contributed by atoms with Gasteiger partial charge in [-0.15, -0.1) is 0 Å². The average molecular weight is 426 g/mol. The normalized spacial score (nSPS) is 11.3. The molecular weight excluding hydrogens is 402 g/mol. The van der Waals surface area contributed by atoms with Crippen molar-refractivity contribution in [2.45, 2.75) is 17.9 Å². The smallest absolute Gasteiger partial charge is 0.269 e. The van der Waals surface area contributed by atoms with E-state index in [1.165, 1.54) is 12.1 Å². The van der Waals surface area contributed by atoms with E-state index in [-0.39, 0.29) is 23.5 Å². The van der Waals surface area contributed by atoms with Crippen LogP contribution >= 0.6 is 0 Å². The van der Waals surface area contributed by atoms with Gasteiger partial charge in [0.15, 0.2) is 0 Å². The van der Waals surface area contributed by atoms with Crippen LogP contribution in [0.1, 0.15) is 16.7 Å². The lowest BCUT2D eigenvalue weighted by Gasteiger charge is -2.17. The highest BCUT2D eigenvalue weighted by Gasteiger charge is 2.20. The molecule has 0 heterocycles. The van der Waals surface area contributed by atoms with Crippen LogP contribution in [0.4, 0.5) is 11.4 Å². The first-order chi connectivity index (χ1) is 14.3. The summed E-state index contributed by atoms with van der Waals surface area (Å²) < 4.78 is 28.7. The lowest BCUT2D eigenvalue weighted by molar-refractivity contribution is -0.384. The molecule has 7 nitrogen and oxygen atoms in total. The fourth-order valence-corrected chi connectivity index (χ4v) is 4.33. The number of nitrogens with one attached hydrogen (secondary N) is 1. The van der Waals surface area contributed by atoms with Crippen LogP contribution < -0.4 is 9.62 Å². The molecule has 30 heavy (non-hydrogen) atoms. The number of benzene rings is 3. The zero-order valence-corrected chi connectivity index (χ0v) is 17.6. The number of nitro benzene ring substituents is 1. The van der Waals surface area contributed by atoms with Gasteiger partial charge in [-0.1, -0.05) is 42.5 Å². The van der Waals surface area contributed by atoms with Crippen molar-refractivity contribution in [1.29, 1.82) is 0 Å². The molecule has 0 atom stereocenters. The van der Waals surface area contributed by atoms with Gasteiger partial charge in [-0.05, 0) is 41.3 Å². The van der Waals surface area contributed by atoms with Crippen molar-refractivity contribution in [2.24, 2.45) is 0 Å². The van der Waals surface area contributed by atoms with Crippen LogP contribution in [0.15, 0.2) is 77.7 Å². The van der Waals surface area contributed by atoms with Crippen molar-refractivity contribution < 1.29 is 13.3 Å². The highest BCUT2D eigenvalue weighted by molar-refractivity contribution is 7.89. The van der Waals surface area contributed by atoms with Gasteiger partial charge in [-0.2, -0.15) is 0 Å². The topological polar surface area (TPSA) is 92.6 Å². The molecule has 0 saturated carbocycles. The quantitative estimate of drug-likeness (QED) is 0.438. The fraction of sp³-hybridized carbons (Fsp3) is 0.182. The minimum absolute atomic E-state index is 0.0251. The number of nitrogens with zero attached hydrogens (tertiary/aromatic N) is 2. The number of hydrogen-bond acceptors (Lipinski definition) is 5. The van der Waals surface area contributed by atoms with E-state index in [1.54, 1.807) is 30.3 Å². The number of hydrogen-bond donors (Lipinski definition) is 1. The Bertz CT molecular complexity index is 1150. The predicted octanol–water partition coefficient (Wildman–Crippen LogP) is 3.73. The van der Waals surface area contributed by atoms with E-state index in [0.29, 0.717) is 11.1 Å². The first-order valence-corrected chi connectivity index (χ1v) is 10.8. The molecular formula is C22H23N3O4S. The lowest BCUT2D eigenvalue weighted by Crippen LogP contribution is -2.24. The minimum atomic E-state index is -3.78. The minimum Gasteiger partial charge on any atom is -0.378 e. The van der Waals surface area contributed by atoms with E-state index >= 15 is 0 Å². The van der Waals surface area contributed by atoms with Gasteiger partial charge in [0.2, 0.25) is 10.0 Å². The van der Waals surface area contributed by atoms with Crippen molar-refractivity contribution in [2.75, 3.05) is 19.0 Å². The Morgan fingerprint density at radius 3 is 2.30 bits per heavy atom. The summed E-state index contributed by atoms with van der Waals surface area (Å²) in [4.78, 5) is 12.7. The van der Waals surface area contributed by atoms with Gasteiger partial charge in [0.1, 0.15) is 0 Å². The van der Waals surface area contributed by atoms with Crippen LogP contribution in [0, 0.1) is 10.1 Å². The van der Waals surface area contributed by atoms with E-state index in [2.05, 4.69) is 4.72 Å². The van der Waals surface area contributed by atoms with Crippen LogP contribution in [-0.2, 0) is 23.0 Å². The molecule has 3 aromatic rings. The van der Waals surface area contributed by atoms with Crippen LogP contribution in [0.3, 0.4) is 0 Å². The number of nitro groups is 1. The summed E-state index contributed by atoms with van der Waals surface area (Å²) >= 11 is 0. The Kier molecular flexibility index (Phi) is 6.49. The maximum absolute atomic E-state index is 13.0. The third-order valence-electron chi connectivity index (χ3n) is 4.68. The summed E-state index contributed by atoms with van der Waals surface area (Å²) in [5.41, 5.74) is 2.91. The van der Waals surface area contributed by atoms with E-state index in [4.69, 9.17) is 0 Å². The third kappa shape index (κ3) is 5.22. The Morgan fingerprint density at radius 1 is 0.933 bits per heavy atom. The Morgan fingerprint density at radius 2 is 1.63 bits per heavy atom. The summed E-state index contributed by atoms with van der Waals surface area (Å²) in [5, 5.41) is 11.1. The third-order valence-corrected chi connectivity index (χ3v) is 6.18. The lowest BCUT2D eigenvalue weighted by atomic mass is 10.0. The second kappa shape index (κ2) is 9.06. The van der Waals surface area contributed by atoms with Crippen LogP contribution in [0.2, 0.25) is 0 Å². The van der Waals surface area contributed by atoms with Crippen molar-refractivity contribution in [3.8, 4) is 0 Å². The molecule has 3 aromatic carbocycles. The molecule has 0 fully saturated rings. The zero-order chi connectivity index (χ0) is 21.7. The van der Waals surface area contributed by atoms with E-state index in [9.17, 15) is 18.5 Å². The molecule has 0 bridgehead atoms. The first kappa shape index (κ1) is 21.5. The Balaban J connectivity index is 1.95. The molecule has 0 radical (unpaired) electrons. The number of non-ortho nitro benzene ring substituents is 1. The summed E-state index contributed by atoms with van der Waals surface area (Å²) in [6.45, 7) is 0.175. The second-order valence-corrected chi connectivity index (χ2v) is 8.84.